The summed E-state index contributed by atoms with van der Waals surface area (Å²) < 4.78 is 2.35. The Hall–Kier alpha value is -2.67. The zero-order valence-electron chi connectivity index (χ0n) is 13.9. The lowest BCUT2D eigenvalue weighted by Crippen LogP contribution is -1.82. The molecule has 0 amide bonds. The zero-order chi connectivity index (χ0) is 17.8. The molecule has 0 fully saturated rings. The van der Waals surface area contributed by atoms with Crippen LogP contribution in [0.1, 0.15) is 0 Å². The molecule has 3 nitrogen and oxygen atoms in total. The molecule has 0 atom stereocenters. The Bertz CT molecular complexity index is 1370. The van der Waals surface area contributed by atoms with E-state index in [2.05, 4.69) is 46.8 Å². The summed E-state index contributed by atoms with van der Waals surface area (Å²) in [5, 5.41) is 5.34. The average Bonchev–Trinajstić information content (AvgIpc) is 3.43. The smallest absolute Gasteiger partial charge is 0.134 e. The monoisotopic (exact) mass is 401 g/mol. The van der Waals surface area contributed by atoms with Crippen molar-refractivity contribution in [3.05, 3.63) is 66.2 Å². The van der Waals surface area contributed by atoms with Crippen LogP contribution >= 0.6 is 34.0 Å². The third-order valence-electron chi connectivity index (χ3n) is 4.51. The van der Waals surface area contributed by atoms with Gasteiger partial charge in [-0.3, -0.25) is 4.98 Å². The molecule has 6 rings (SSSR count). The molecule has 0 bridgehead atoms. The average molecular weight is 402 g/mol. The van der Waals surface area contributed by atoms with Crippen molar-refractivity contribution in [2.45, 2.75) is 0 Å². The van der Waals surface area contributed by atoms with Crippen molar-refractivity contribution < 1.29 is 0 Å². The van der Waals surface area contributed by atoms with Gasteiger partial charge in [0.05, 0.1) is 30.8 Å². The summed E-state index contributed by atoms with van der Waals surface area (Å²) in [4.78, 5) is 15.4. The van der Waals surface area contributed by atoms with Crippen molar-refractivity contribution in [2.75, 3.05) is 0 Å². The summed E-state index contributed by atoms with van der Waals surface area (Å²) in [6.07, 6.45) is 1.86. The molecule has 4 heterocycles. The van der Waals surface area contributed by atoms with Gasteiger partial charge in [0.1, 0.15) is 10.0 Å². The number of thiazole rings is 2. The molecular weight excluding hydrogens is 390 g/mol. The van der Waals surface area contributed by atoms with Gasteiger partial charge in [-0.2, -0.15) is 0 Å². The highest BCUT2D eigenvalue weighted by Gasteiger charge is 2.13. The molecule has 0 radical (unpaired) electrons. The van der Waals surface area contributed by atoms with Gasteiger partial charge in [-0.25, -0.2) is 9.97 Å². The molecule has 0 N–H and O–H groups in total. The van der Waals surface area contributed by atoms with Crippen LogP contribution in [-0.4, -0.2) is 15.0 Å². The first-order chi connectivity index (χ1) is 13.3. The maximum atomic E-state index is 4.93. The van der Waals surface area contributed by atoms with Crippen LogP contribution in [-0.2, 0) is 0 Å². The summed E-state index contributed by atoms with van der Waals surface area (Å²) in [6.45, 7) is 0. The van der Waals surface area contributed by atoms with Gasteiger partial charge >= 0.3 is 0 Å². The van der Waals surface area contributed by atoms with Gasteiger partial charge in [0.15, 0.2) is 0 Å². The third-order valence-corrected chi connectivity index (χ3v) is 7.62. The molecule has 27 heavy (non-hydrogen) atoms. The molecule has 128 valence electrons. The van der Waals surface area contributed by atoms with E-state index in [1.54, 1.807) is 34.0 Å². The SMILES string of the molecule is c1csc(-c2nc3cc4sc(-c5ccnc6ccccc56)nc4cc3s2)c1. The van der Waals surface area contributed by atoms with Gasteiger partial charge in [0.2, 0.25) is 0 Å². The maximum absolute atomic E-state index is 4.93. The van der Waals surface area contributed by atoms with Crippen molar-refractivity contribution >= 4 is 65.3 Å². The van der Waals surface area contributed by atoms with Gasteiger partial charge in [0.25, 0.3) is 0 Å². The lowest BCUT2D eigenvalue weighted by atomic mass is 10.1. The van der Waals surface area contributed by atoms with Crippen LogP contribution < -0.4 is 0 Å². The van der Waals surface area contributed by atoms with Crippen LogP contribution in [0.15, 0.2) is 66.2 Å². The number of fused-ring (bicyclic) bond motifs is 3. The van der Waals surface area contributed by atoms with E-state index in [4.69, 9.17) is 9.97 Å². The number of benzene rings is 2. The number of pyridine rings is 1. The zero-order valence-corrected chi connectivity index (χ0v) is 16.4. The standard InChI is InChI=1S/C21H11N3S3/c1-2-5-14-12(4-1)13(7-8-22-14)20-23-15-10-19-16(11-18(15)26-20)24-21(27-19)17-6-3-9-25-17/h1-11H. The first-order valence-corrected chi connectivity index (χ1v) is 11.0. The second-order valence-electron chi connectivity index (χ2n) is 6.18. The van der Waals surface area contributed by atoms with Crippen molar-refractivity contribution in [2.24, 2.45) is 0 Å². The molecular formula is C21H11N3S3. The fourth-order valence-corrected chi connectivity index (χ4v) is 6.05. The maximum Gasteiger partial charge on any atom is 0.134 e. The molecule has 0 saturated carbocycles. The number of para-hydroxylation sites is 1. The van der Waals surface area contributed by atoms with Crippen molar-refractivity contribution in [1.29, 1.82) is 0 Å². The minimum atomic E-state index is 0.998. The van der Waals surface area contributed by atoms with Gasteiger partial charge < -0.3 is 0 Å². The van der Waals surface area contributed by atoms with Crippen LogP contribution in [0.3, 0.4) is 0 Å². The van der Waals surface area contributed by atoms with E-state index in [9.17, 15) is 0 Å². The molecule has 0 saturated heterocycles. The summed E-state index contributed by atoms with van der Waals surface area (Å²) in [6, 6.07) is 18.8. The Morgan fingerprint density at radius 3 is 2.30 bits per heavy atom. The summed E-state index contributed by atoms with van der Waals surface area (Å²) >= 11 is 5.17. The first kappa shape index (κ1) is 15.4. The summed E-state index contributed by atoms with van der Waals surface area (Å²) in [7, 11) is 0. The van der Waals surface area contributed by atoms with E-state index in [0.29, 0.717) is 0 Å². The van der Waals surface area contributed by atoms with E-state index < -0.39 is 0 Å². The predicted molar refractivity (Wildman–Crippen MR) is 117 cm³/mol. The second kappa shape index (κ2) is 5.92. The fraction of sp³-hybridized carbons (Fsp3) is 0. The van der Waals surface area contributed by atoms with E-state index in [1.807, 2.05) is 24.4 Å². The van der Waals surface area contributed by atoms with Crippen LogP contribution in [0.2, 0.25) is 0 Å². The van der Waals surface area contributed by atoms with Crippen LogP contribution in [0.25, 0.3) is 51.8 Å². The molecule has 0 unspecified atom stereocenters. The molecule has 4 aromatic heterocycles. The fourth-order valence-electron chi connectivity index (χ4n) is 3.25. The molecule has 0 aliphatic carbocycles. The molecule has 0 aliphatic rings. The second-order valence-corrected chi connectivity index (χ2v) is 9.19. The topological polar surface area (TPSA) is 38.7 Å². The molecule has 2 aromatic carbocycles. The minimum absolute atomic E-state index is 0.998. The van der Waals surface area contributed by atoms with Crippen LogP contribution in [0.4, 0.5) is 0 Å². The minimum Gasteiger partial charge on any atom is -0.256 e. The number of hydrogen-bond donors (Lipinski definition) is 0. The van der Waals surface area contributed by atoms with Gasteiger partial charge in [-0.15, -0.1) is 34.0 Å². The van der Waals surface area contributed by atoms with Crippen LogP contribution in [0.5, 0.6) is 0 Å². The van der Waals surface area contributed by atoms with Crippen molar-refractivity contribution in [3.63, 3.8) is 0 Å². The largest absolute Gasteiger partial charge is 0.256 e. The lowest BCUT2D eigenvalue weighted by molar-refractivity contribution is 1.40. The predicted octanol–water partition coefficient (Wildman–Crippen LogP) is 6.85. The number of hydrogen-bond acceptors (Lipinski definition) is 6. The Balaban J connectivity index is 1.53. The van der Waals surface area contributed by atoms with E-state index in [1.165, 1.54) is 14.3 Å². The van der Waals surface area contributed by atoms with E-state index >= 15 is 0 Å². The summed E-state index contributed by atoms with van der Waals surface area (Å²) in [5.41, 5.74) is 4.21. The molecule has 0 spiro atoms. The molecule has 6 aromatic rings. The number of thiophene rings is 1. The van der Waals surface area contributed by atoms with Crippen molar-refractivity contribution in [3.8, 4) is 20.5 Å². The number of aromatic nitrogens is 3. The third kappa shape index (κ3) is 2.49. The molecule has 6 heteroatoms. The van der Waals surface area contributed by atoms with Gasteiger partial charge in [0, 0.05) is 17.1 Å². The molecule has 0 aliphatic heterocycles. The highest BCUT2D eigenvalue weighted by Crippen LogP contribution is 2.38. The Morgan fingerprint density at radius 2 is 1.48 bits per heavy atom. The Labute approximate surface area is 166 Å². The van der Waals surface area contributed by atoms with Crippen molar-refractivity contribution in [1.82, 2.24) is 15.0 Å². The Kier molecular flexibility index (Phi) is 3.38. The van der Waals surface area contributed by atoms with Crippen LogP contribution in [0, 0.1) is 0 Å². The summed E-state index contributed by atoms with van der Waals surface area (Å²) in [5.74, 6) is 0. The number of rotatable bonds is 2. The highest BCUT2D eigenvalue weighted by atomic mass is 32.1. The van der Waals surface area contributed by atoms with Gasteiger partial charge in [-0.1, -0.05) is 24.3 Å². The first-order valence-electron chi connectivity index (χ1n) is 8.44. The lowest BCUT2D eigenvalue weighted by Gasteiger charge is -2.01. The number of nitrogens with zero attached hydrogens (tertiary/aromatic N) is 3. The Morgan fingerprint density at radius 1 is 0.704 bits per heavy atom. The highest BCUT2D eigenvalue weighted by molar-refractivity contribution is 7.25. The van der Waals surface area contributed by atoms with E-state index in [-0.39, 0.29) is 0 Å². The van der Waals surface area contributed by atoms with E-state index in [0.717, 1.165) is 37.5 Å². The quantitative estimate of drug-likeness (QED) is 0.318. The normalized spacial score (nSPS) is 11.7. The van der Waals surface area contributed by atoms with Gasteiger partial charge in [-0.05, 0) is 35.7 Å².